The van der Waals surface area contributed by atoms with Crippen molar-refractivity contribution in [1.82, 2.24) is 4.98 Å². The Morgan fingerprint density at radius 1 is 0.625 bits per heavy atom. The van der Waals surface area contributed by atoms with Crippen molar-refractivity contribution in [1.29, 1.82) is 0 Å². The molecule has 0 N–H and O–H groups in total. The van der Waals surface area contributed by atoms with Crippen molar-refractivity contribution < 1.29 is 41.0 Å². The van der Waals surface area contributed by atoms with Gasteiger partial charge in [-0.25, -0.2) is 0 Å². The molecule has 1 aromatic heterocycles. The maximum absolute atomic E-state index is 6.00. The average molecular weight is 813 g/mol. The van der Waals surface area contributed by atoms with E-state index in [1.165, 1.54) is 44.5 Å². The number of rotatable bonds is 4. The van der Waals surface area contributed by atoms with Crippen LogP contribution in [0, 0.1) is 44.0 Å². The van der Waals surface area contributed by atoms with Crippen LogP contribution in [0.25, 0.3) is 44.6 Å². The average Bonchev–Trinajstić information content (AvgIpc) is 3.55. The summed E-state index contributed by atoms with van der Waals surface area (Å²) in [5.74, 6) is 6.79. The first-order chi connectivity index (χ1) is 23.0. The summed E-state index contributed by atoms with van der Waals surface area (Å²) in [5.41, 5.74) is 15.7. The fourth-order valence-electron chi connectivity index (χ4n) is 7.32. The van der Waals surface area contributed by atoms with Crippen molar-refractivity contribution in [3.63, 3.8) is 0 Å². The van der Waals surface area contributed by atoms with Crippen molar-refractivity contribution in [2.24, 2.45) is 0 Å². The van der Waals surface area contributed by atoms with Crippen molar-refractivity contribution in [2.45, 2.75) is 33.1 Å². The van der Waals surface area contributed by atoms with Gasteiger partial charge in [0.15, 0.2) is 11.5 Å². The Morgan fingerprint density at radius 3 is 2.04 bits per heavy atom. The Morgan fingerprint density at radius 2 is 1.27 bits per heavy atom. The molecule has 2 aliphatic carbocycles. The normalized spacial score (nSPS) is 14.2. The van der Waals surface area contributed by atoms with Crippen LogP contribution in [0.3, 0.4) is 0 Å². The number of ether oxygens (including phenoxy) is 2. The molecule has 1 atom stereocenters. The molecule has 0 fully saturated rings. The number of aryl methyl sites for hydroxylation is 2. The maximum Gasteiger partial charge on any atom is 0.184 e. The van der Waals surface area contributed by atoms with Gasteiger partial charge in [-0.2, -0.15) is 0 Å². The summed E-state index contributed by atoms with van der Waals surface area (Å²) in [6.07, 6.45) is 7.37. The fourth-order valence-corrected chi connectivity index (χ4v) is 7.32. The van der Waals surface area contributed by atoms with Crippen LogP contribution < -0.4 is 9.47 Å². The van der Waals surface area contributed by atoms with E-state index in [9.17, 15) is 0 Å². The molecule has 0 saturated heterocycles. The molecule has 1 spiro atoms. The Kier molecular flexibility index (Phi) is 8.02. The van der Waals surface area contributed by atoms with Gasteiger partial charge in [-0.1, -0.05) is 72.5 Å². The quantitative estimate of drug-likeness (QED) is 0.131. The van der Waals surface area contributed by atoms with Gasteiger partial charge in [0.05, 0.1) is 5.41 Å². The number of nitrogens with zero attached hydrogens (tertiary/aromatic N) is 1. The van der Waals surface area contributed by atoms with Gasteiger partial charge < -0.3 is 14.5 Å². The van der Waals surface area contributed by atoms with Crippen molar-refractivity contribution in [3.8, 4) is 80.2 Å². The van der Waals surface area contributed by atoms with Gasteiger partial charge in [-0.05, 0) is 105 Å². The summed E-state index contributed by atoms with van der Waals surface area (Å²) in [5, 5.41) is 0. The standard InChI is InChI=1S/C44H30NO2.Ir.8H2/c1-5-20-46-42-26-36-34-22-28(3)29(4)23-39(34)44(40(36)27-43(42)47-21-6-2)37-15-8-7-14-33(37)35-25-31(17-18-38(35)44)30-12-11-13-32(24-30)41-16-9-10-19-45-41;;;;;;;;;/h7-12,14-19,22-27H,1-4H3;;8*1H/q-1;;;;;;;;;. The first-order valence-electron chi connectivity index (χ1n) is 15.7. The first-order valence-corrected chi connectivity index (χ1v) is 15.7. The molecule has 3 nitrogen and oxygen atoms in total. The van der Waals surface area contributed by atoms with Crippen LogP contribution in [0.2, 0.25) is 0 Å². The van der Waals surface area contributed by atoms with E-state index in [-0.39, 0.29) is 31.5 Å². The van der Waals surface area contributed by atoms with Gasteiger partial charge in [0.2, 0.25) is 0 Å². The number of pyridine rings is 1. The molecule has 48 heavy (non-hydrogen) atoms. The van der Waals surface area contributed by atoms with E-state index in [1.807, 2.05) is 30.5 Å². The summed E-state index contributed by atoms with van der Waals surface area (Å²) in [6, 6.07) is 40.2. The molecule has 249 valence electrons. The summed E-state index contributed by atoms with van der Waals surface area (Å²) in [4.78, 5) is 4.56. The van der Waals surface area contributed by atoms with Gasteiger partial charge in [0, 0.05) is 51.6 Å². The molecule has 8 rings (SSSR count). The van der Waals surface area contributed by atoms with E-state index in [0.29, 0.717) is 11.5 Å². The zero-order chi connectivity index (χ0) is 32.1. The number of fused-ring (bicyclic) bond motifs is 10. The van der Waals surface area contributed by atoms with Gasteiger partial charge in [0.1, 0.15) is 12.2 Å². The van der Waals surface area contributed by atoms with E-state index < -0.39 is 5.41 Å². The third-order valence-electron chi connectivity index (χ3n) is 9.46. The molecule has 1 heterocycles. The van der Waals surface area contributed by atoms with E-state index in [4.69, 9.17) is 9.47 Å². The van der Waals surface area contributed by atoms with E-state index in [0.717, 1.165) is 33.5 Å². The third-order valence-corrected chi connectivity index (χ3v) is 9.46. The fraction of sp³-hybridized carbons (Fsp3) is 0.114. The predicted molar refractivity (Wildman–Crippen MR) is 205 cm³/mol. The zero-order valence-electron chi connectivity index (χ0n) is 27.0. The number of hydrogen-bond donors (Lipinski definition) is 0. The van der Waals surface area contributed by atoms with Crippen LogP contribution in [-0.2, 0) is 25.5 Å². The second kappa shape index (κ2) is 12.3. The molecule has 6 aromatic rings. The maximum atomic E-state index is 6.00. The molecule has 4 heteroatoms. The third kappa shape index (κ3) is 4.69. The largest absolute Gasteiger partial charge is 0.404 e. The topological polar surface area (TPSA) is 31.4 Å². The molecule has 5 aromatic carbocycles. The minimum absolute atomic E-state index is 0. The number of aromatic nitrogens is 1. The summed E-state index contributed by atoms with van der Waals surface area (Å²) >= 11 is 0. The van der Waals surface area contributed by atoms with Crippen LogP contribution in [0.5, 0.6) is 11.5 Å². The minimum atomic E-state index is -0.552. The van der Waals surface area contributed by atoms with Gasteiger partial charge in [-0.3, -0.25) is 0 Å². The molecule has 0 bridgehead atoms. The molecule has 2 aliphatic rings. The van der Waals surface area contributed by atoms with Crippen LogP contribution in [0.4, 0.5) is 0 Å². The second-order valence-corrected chi connectivity index (χ2v) is 12.0. The summed E-state index contributed by atoms with van der Waals surface area (Å²) in [6.45, 7) is 7.88. The smallest absolute Gasteiger partial charge is 0.184 e. The molecule has 0 saturated carbocycles. The Labute approximate surface area is 307 Å². The Balaban J connectivity index is 0. The van der Waals surface area contributed by atoms with E-state index in [2.05, 4.69) is 128 Å². The van der Waals surface area contributed by atoms with Gasteiger partial charge in [-0.15, -0.1) is 35.4 Å². The Hall–Kier alpha value is -5.38. The van der Waals surface area contributed by atoms with Crippen LogP contribution in [0.1, 0.15) is 58.6 Å². The number of hydrogen-bond acceptors (Lipinski definition) is 3. The van der Waals surface area contributed by atoms with Crippen LogP contribution >= 0.6 is 0 Å². The van der Waals surface area contributed by atoms with Crippen molar-refractivity contribution >= 4 is 0 Å². The van der Waals surface area contributed by atoms with Crippen molar-refractivity contribution in [2.75, 3.05) is 0 Å². The predicted octanol–water partition coefficient (Wildman–Crippen LogP) is 11.9. The molecular formula is C44H46IrNO2-. The minimum Gasteiger partial charge on any atom is -0.404 e. The van der Waals surface area contributed by atoms with Crippen molar-refractivity contribution in [3.05, 3.63) is 149 Å². The first kappa shape index (κ1) is 31.2. The second-order valence-electron chi connectivity index (χ2n) is 12.0. The summed E-state index contributed by atoms with van der Waals surface area (Å²) < 4.78 is 11.9. The van der Waals surface area contributed by atoms with Gasteiger partial charge >= 0.3 is 0 Å². The molecule has 0 aliphatic heterocycles. The van der Waals surface area contributed by atoms with E-state index >= 15 is 0 Å². The molecule has 1 unspecified atom stereocenters. The molecule has 0 amide bonds. The molecular weight excluding hydrogens is 767 g/mol. The monoisotopic (exact) mass is 813 g/mol. The number of benzene rings is 5. The zero-order valence-corrected chi connectivity index (χ0v) is 29.4. The Bertz CT molecular complexity index is 2410. The summed E-state index contributed by atoms with van der Waals surface area (Å²) in [7, 11) is 0. The SMILES string of the molecule is CC#COc1cc2c(cc1OC#CC)C1(c3ccccc3-c3cc(-c4cc[c-]c(-c5ccccn5)c4)ccc31)c1cc(C)c(C)cc1-2.[HH].[HH].[HH].[HH].[HH].[HH].[HH].[HH].[Ir]. The van der Waals surface area contributed by atoms with Crippen LogP contribution in [0.15, 0.2) is 109 Å². The van der Waals surface area contributed by atoms with Gasteiger partial charge in [0.25, 0.3) is 0 Å². The molecule has 1 radical (unpaired) electrons. The van der Waals surface area contributed by atoms with Crippen LogP contribution in [-0.4, -0.2) is 4.98 Å². The van der Waals surface area contributed by atoms with E-state index in [1.54, 1.807) is 13.8 Å².